The Kier molecular flexibility index (Phi) is 4.43. The molecular formula is C15H24N2. The number of hydrogen-bond donors (Lipinski definition) is 1. The predicted molar refractivity (Wildman–Crippen MR) is 74.3 cm³/mol. The van der Waals surface area contributed by atoms with Crippen molar-refractivity contribution in [2.24, 2.45) is 5.92 Å². The fourth-order valence-corrected chi connectivity index (χ4v) is 2.10. The number of hydrogen-bond acceptors (Lipinski definition) is 2. The Morgan fingerprint density at radius 1 is 1.18 bits per heavy atom. The molecule has 0 atom stereocenters. The summed E-state index contributed by atoms with van der Waals surface area (Å²) < 4.78 is 0. The predicted octanol–water partition coefficient (Wildman–Crippen LogP) is 3.35. The molecule has 1 aromatic carbocycles. The SMILES string of the molecule is CCN(CC)Cc1ccccc1NCC1CC1. The highest BCUT2D eigenvalue weighted by Crippen LogP contribution is 2.29. The molecule has 2 rings (SSSR count). The zero-order valence-electron chi connectivity index (χ0n) is 11.1. The molecule has 2 nitrogen and oxygen atoms in total. The van der Waals surface area contributed by atoms with Gasteiger partial charge in [-0.05, 0) is 43.5 Å². The molecule has 1 aromatic rings. The first kappa shape index (κ1) is 12.4. The molecule has 17 heavy (non-hydrogen) atoms. The summed E-state index contributed by atoms with van der Waals surface area (Å²) in [7, 11) is 0. The second-order valence-electron chi connectivity index (χ2n) is 4.94. The van der Waals surface area contributed by atoms with Crippen LogP contribution in [0, 0.1) is 5.92 Å². The summed E-state index contributed by atoms with van der Waals surface area (Å²) in [5.41, 5.74) is 2.75. The molecule has 0 spiro atoms. The molecule has 1 N–H and O–H groups in total. The van der Waals surface area contributed by atoms with Crippen molar-refractivity contribution in [2.45, 2.75) is 33.2 Å². The van der Waals surface area contributed by atoms with Crippen LogP contribution in [0.2, 0.25) is 0 Å². The molecule has 1 saturated carbocycles. The molecule has 2 heteroatoms. The molecule has 0 radical (unpaired) electrons. The van der Waals surface area contributed by atoms with Gasteiger partial charge in [-0.2, -0.15) is 0 Å². The van der Waals surface area contributed by atoms with E-state index in [9.17, 15) is 0 Å². The molecule has 1 aliphatic rings. The van der Waals surface area contributed by atoms with Crippen molar-refractivity contribution < 1.29 is 0 Å². The molecule has 1 aliphatic carbocycles. The highest BCUT2D eigenvalue weighted by molar-refractivity contribution is 5.51. The van der Waals surface area contributed by atoms with Gasteiger partial charge in [0, 0.05) is 18.8 Å². The van der Waals surface area contributed by atoms with Crippen molar-refractivity contribution in [3.05, 3.63) is 29.8 Å². The normalized spacial score (nSPS) is 15.2. The van der Waals surface area contributed by atoms with Crippen LogP contribution in [0.15, 0.2) is 24.3 Å². The van der Waals surface area contributed by atoms with Crippen LogP contribution in [-0.4, -0.2) is 24.5 Å². The Morgan fingerprint density at radius 2 is 1.88 bits per heavy atom. The summed E-state index contributed by atoms with van der Waals surface area (Å²) in [5, 5.41) is 3.60. The van der Waals surface area contributed by atoms with Gasteiger partial charge in [0.25, 0.3) is 0 Å². The minimum atomic E-state index is 0.927. The van der Waals surface area contributed by atoms with Gasteiger partial charge < -0.3 is 5.32 Å². The third kappa shape index (κ3) is 3.74. The van der Waals surface area contributed by atoms with Crippen LogP contribution in [-0.2, 0) is 6.54 Å². The molecule has 94 valence electrons. The average Bonchev–Trinajstić information content (AvgIpc) is 3.18. The molecule has 0 aliphatic heterocycles. The maximum atomic E-state index is 3.60. The highest BCUT2D eigenvalue weighted by atomic mass is 15.1. The quantitative estimate of drug-likeness (QED) is 0.775. The fourth-order valence-electron chi connectivity index (χ4n) is 2.10. The minimum absolute atomic E-state index is 0.927. The van der Waals surface area contributed by atoms with Crippen LogP contribution in [0.25, 0.3) is 0 Å². The monoisotopic (exact) mass is 232 g/mol. The first-order valence-corrected chi connectivity index (χ1v) is 6.87. The second-order valence-corrected chi connectivity index (χ2v) is 4.94. The molecule has 0 unspecified atom stereocenters. The number of nitrogens with one attached hydrogen (secondary N) is 1. The van der Waals surface area contributed by atoms with Gasteiger partial charge >= 0.3 is 0 Å². The highest BCUT2D eigenvalue weighted by Gasteiger charge is 2.20. The lowest BCUT2D eigenvalue weighted by Gasteiger charge is -2.20. The second kappa shape index (κ2) is 6.06. The molecule has 0 heterocycles. The zero-order valence-corrected chi connectivity index (χ0v) is 11.1. The number of para-hydroxylation sites is 1. The van der Waals surface area contributed by atoms with Crippen LogP contribution >= 0.6 is 0 Å². The lowest BCUT2D eigenvalue weighted by atomic mass is 10.1. The topological polar surface area (TPSA) is 15.3 Å². The van der Waals surface area contributed by atoms with E-state index in [1.807, 2.05) is 0 Å². The summed E-state index contributed by atoms with van der Waals surface area (Å²) in [6, 6.07) is 8.72. The molecular weight excluding hydrogens is 208 g/mol. The third-order valence-electron chi connectivity index (χ3n) is 3.58. The largest absolute Gasteiger partial charge is 0.385 e. The molecule has 0 aromatic heterocycles. The number of nitrogens with zero attached hydrogens (tertiary/aromatic N) is 1. The molecule has 0 bridgehead atoms. The lowest BCUT2D eigenvalue weighted by Crippen LogP contribution is -2.22. The Labute approximate surface area is 105 Å². The van der Waals surface area contributed by atoms with Crippen molar-refractivity contribution in [1.29, 1.82) is 0 Å². The van der Waals surface area contributed by atoms with Gasteiger partial charge in [-0.3, -0.25) is 4.90 Å². The van der Waals surface area contributed by atoms with Gasteiger partial charge in [-0.25, -0.2) is 0 Å². The fraction of sp³-hybridized carbons (Fsp3) is 0.600. The van der Waals surface area contributed by atoms with E-state index in [0.717, 1.165) is 32.1 Å². The Morgan fingerprint density at radius 3 is 2.53 bits per heavy atom. The van der Waals surface area contributed by atoms with Gasteiger partial charge in [0.05, 0.1) is 0 Å². The summed E-state index contributed by atoms with van der Waals surface area (Å²) in [6.07, 6.45) is 2.82. The van der Waals surface area contributed by atoms with Crippen LogP contribution in [0.4, 0.5) is 5.69 Å². The van der Waals surface area contributed by atoms with E-state index in [1.54, 1.807) is 0 Å². The first-order chi connectivity index (χ1) is 8.33. The maximum absolute atomic E-state index is 3.60. The standard InChI is InChI=1S/C15H24N2/c1-3-17(4-2)12-14-7-5-6-8-15(14)16-11-13-9-10-13/h5-8,13,16H,3-4,9-12H2,1-2H3. The summed E-state index contributed by atoms with van der Waals surface area (Å²) in [5.74, 6) is 0.927. The van der Waals surface area contributed by atoms with Gasteiger partial charge in [0.2, 0.25) is 0 Å². The van der Waals surface area contributed by atoms with Crippen LogP contribution in [0.5, 0.6) is 0 Å². The van der Waals surface area contributed by atoms with Crippen molar-refractivity contribution >= 4 is 5.69 Å². The number of benzene rings is 1. The van der Waals surface area contributed by atoms with Gasteiger partial charge in [-0.15, -0.1) is 0 Å². The minimum Gasteiger partial charge on any atom is -0.385 e. The third-order valence-corrected chi connectivity index (χ3v) is 3.58. The molecule has 0 amide bonds. The summed E-state index contributed by atoms with van der Waals surface area (Å²) >= 11 is 0. The van der Waals surface area contributed by atoms with E-state index in [1.165, 1.54) is 24.1 Å². The van der Waals surface area contributed by atoms with Gasteiger partial charge in [0.1, 0.15) is 0 Å². The Hall–Kier alpha value is -1.02. The van der Waals surface area contributed by atoms with E-state index in [-0.39, 0.29) is 0 Å². The van der Waals surface area contributed by atoms with Crippen LogP contribution in [0.1, 0.15) is 32.3 Å². The first-order valence-electron chi connectivity index (χ1n) is 6.87. The smallest absolute Gasteiger partial charge is 0.0385 e. The van der Waals surface area contributed by atoms with Gasteiger partial charge in [-0.1, -0.05) is 32.0 Å². The van der Waals surface area contributed by atoms with Crippen LogP contribution in [0.3, 0.4) is 0 Å². The van der Waals surface area contributed by atoms with Crippen LogP contribution < -0.4 is 5.32 Å². The van der Waals surface area contributed by atoms with Crippen molar-refractivity contribution in [2.75, 3.05) is 25.0 Å². The molecule has 1 fully saturated rings. The van der Waals surface area contributed by atoms with E-state index >= 15 is 0 Å². The van der Waals surface area contributed by atoms with Gasteiger partial charge in [0.15, 0.2) is 0 Å². The average molecular weight is 232 g/mol. The van der Waals surface area contributed by atoms with E-state index in [2.05, 4.69) is 48.3 Å². The summed E-state index contributed by atoms with van der Waals surface area (Å²) in [4.78, 5) is 2.46. The van der Waals surface area contributed by atoms with E-state index < -0.39 is 0 Å². The number of anilines is 1. The Bertz CT molecular complexity index is 341. The van der Waals surface area contributed by atoms with Crippen molar-refractivity contribution in [1.82, 2.24) is 4.90 Å². The van der Waals surface area contributed by atoms with E-state index in [0.29, 0.717) is 0 Å². The maximum Gasteiger partial charge on any atom is 0.0385 e. The molecule has 0 saturated heterocycles. The Balaban J connectivity index is 1.98. The lowest BCUT2D eigenvalue weighted by molar-refractivity contribution is 0.296. The number of rotatable bonds is 7. The summed E-state index contributed by atoms with van der Waals surface area (Å²) in [6.45, 7) is 8.89. The van der Waals surface area contributed by atoms with Crippen molar-refractivity contribution in [3.63, 3.8) is 0 Å². The zero-order chi connectivity index (χ0) is 12.1. The van der Waals surface area contributed by atoms with Crippen molar-refractivity contribution in [3.8, 4) is 0 Å². The van der Waals surface area contributed by atoms with E-state index in [4.69, 9.17) is 0 Å².